The average molecular weight is 821 g/mol. The summed E-state index contributed by atoms with van der Waals surface area (Å²) in [7, 11) is -4.64. The van der Waals surface area contributed by atoms with Crippen LogP contribution in [0.5, 0.6) is 0 Å². The molecule has 0 aliphatic heterocycles. The highest BCUT2D eigenvalue weighted by Gasteiger charge is 2.27. The molecule has 0 aromatic heterocycles. The second-order valence-corrected chi connectivity index (χ2v) is 15.4. The normalized spacial score (nSPS) is 14.7. The van der Waals surface area contributed by atoms with Crippen molar-refractivity contribution < 1.29 is 47.8 Å². The fourth-order valence-electron chi connectivity index (χ4n) is 5.23. The Labute approximate surface area is 345 Å². The van der Waals surface area contributed by atoms with Crippen molar-refractivity contribution in [1.29, 1.82) is 0 Å². The molecule has 0 spiro atoms. The van der Waals surface area contributed by atoms with Crippen LogP contribution < -0.4 is 0 Å². The first kappa shape index (κ1) is 54.2. The molecule has 0 bridgehead atoms. The Morgan fingerprint density at radius 2 is 0.982 bits per heavy atom. The molecule has 0 aromatic rings. The van der Waals surface area contributed by atoms with Gasteiger partial charge in [-0.2, -0.15) is 0 Å². The van der Waals surface area contributed by atoms with Crippen LogP contribution in [-0.2, 0) is 32.7 Å². The van der Waals surface area contributed by atoms with Crippen LogP contribution in [0.25, 0.3) is 0 Å². The highest BCUT2D eigenvalue weighted by Crippen LogP contribution is 2.43. The maximum atomic E-state index is 12.6. The van der Waals surface area contributed by atoms with Crippen LogP contribution in [0.3, 0.4) is 0 Å². The molecule has 326 valence electrons. The number of hydrogen-bond acceptors (Lipinski definition) is 9. The van der Waals surface area contributed by atoms with Gasteiger partial charge in [-0.3, -0.25) is 18.6 Å². The van der Waals surface area contributed by atoms with Crippen molar-refractivity contribution >= 4 is 19.8 Å². The lowest BCUT2D eigenvalue weighted by atomic mass is 10.1. The lowest BCUT2D eigenvalue weighted by Gasteiger charge is -2.20. The van der Waals surface area contributed by atoms with E-state index in [4.69, 9.17) is 19.1 Å². The zero-order valence-electron chi connectivity index (χ0n) is 35.3. The van der Waals surface area contributed by atoms with E-state index in [1.165, 1.54) is 44.9 Å². The van der Waals surface area contributed by atoms with Crippen molar-refractivity contribution in [2.75, 3.05) is 26.4 Å². The topological polar surface area (TPSA) is 149 Å². The molecule has 0 aliphatic carbocycles. The number of esters is 2. The van der Waals surface area contributed by atoms with Crippen LogP contribution in [0.2, 0.25) is 0 Å². The van der Waals surface area contributed by atoms with Gasteiger partial charge in [-0.1, -0.05) is 144 Å². The van der Waals surface area contributed by atoms with Crippen LogP contribution in [-0.4, -0.2) is 65.7 Å². The van der Waals surface area contributed by atoms with E-state index in [2.05, 4.69) is 91.3 Å². The molecule has 0 aromatic carbocycles. The van der Waals surface area contributed by atoms with Crippen LogP contribution in [0, 0.1) is 0 Å². The van der Waals surface area contributed by atoms with E-state index in [-0.39, 0.29) is 19.4 Å². The predicted octanol–water partition coefficient (Wildman–Crippen LogP) is 11.4. The van der Waals surface area contributed by atoms with Crippen LogP contribution in [0.1, 0.15) is 155 Å². The average Bonchev–Trinajstić information content (AvgIpc) is 3.20. The van der Waals surface area contributed by atoms with Crippen molar-refractivity contribution in [2.45, 2.75) is 167 Å². The van der Waals surface area contributed by atoms with Crippen molar-refractivity contribution in [3.8, 4) is 0 Å². The van der Waals surface area contributed by atoms with Gasteiger partial charge in [-0.15, -0.1) is 0 Å². The minimum atomic E-state index is -4.64. The molecule has 3 atom stereocenters. The third-order valence-electron chi connectivity index (χ3n) is 8.53. The number of carbonyl (C=O) groups is 2. The molecule has 3 N–H and O–H groups in total. The second-order valence-electron chi connectivity index (χ2n) is 14.0. The molecule has 0 saturated heterocycles. The lowest BCUT2D eigenvalue weighted by molar-refractivity contribution is -0.161. The first-order chi connectivity index (χ1) is 27.7. The molecule has 0 aliphatic rings. The highest BCUT2D eigenvalue weighted by atomic mass is 31.2. The number of aliphatic hydroxyl groups excluding tert-OH is 2. The van der Waals surface area contributed by atoms with E-state index in [9.17, 15) is 24.2 Å². The summed E-state index contributed by atoms with van der Waals surface area (Å²) in [5.41, 5.74) is 0. The number of phosphoric acid groups is 1. The van der Waals surface area contributed by atoms with Gasteiger partial charge in [0.15, 0.2) is 6.10 Å². The Morgan fingerprint density at radius 3 is 1.51 bits per heavy atom. The summed E-state index contributed by atoms with van der Waals surface area (Å²) in [6.45, 7) is 2.15. The fourth-order valence-corrected chi connectivity index (χ4v) is 6.02. The first-order valence-corrected chi connectivity index (χ1v) is 23.0. The third-order valence-corrected chi connectivity index (χ3v) is 9.48. The minimum Gasteiger partial charge on any atom is -0.462 e. The van der Waals surface area contributed by atoms with Crippen LogP contribution in [0.15, 0.2) is 85.1 Å². The Balaban J connectivity index is 4.42. The maximum absolute atomic E-state index is 12.6. The van der Waals surface area contributed by atoms with E-state index in [1.807, 2.05) is 12.2 Å². The Morgan fingerprint density at radius 1 is 0.544 bits per heavy atom. The van der Waals surface area contributed by atoms with Gasteiger partial charge in [0.05, 0.1) is 19.8 Å². The molecule has 0 radical (unpaired) electrons. The monoisotopic (exact) mass is 821 g/mol. The lowest BCUT2D eigenvalue weighted by Crippen LogP contribution is -2.29. The summed E-state index contributed by atoms with van der Waals surface area (Å²) in [5, 5.41) is 18.3. The Kier molecular flexibility index (Phi) is 39.2. The molecule has 1 unspecified atom stereocenters. The van der Waals surface area contributed by atoms with Gasteiger partial charge in [-0.25, -0.2) is 4.57 Å². The summed E-state index contributed by atoms with van der Waals surface area (Å²) < 4.78 is 32.6. The predicted molar refractivity (Wildman–Crippen MR) is 233 cm³/mol. The summed E-state index contributed by atoms with van der Waals surface area (Å²) in [4.78, 5) is 35.0. The minimum absolute atomic E-state index is 0.0995. The zero-order chi connectivity index (χ0) is 41.9. The van der Waals surface area contributed by atoms with Crippen LogP contribution in [0.4, 0.5) is 0 Å². The van der Waals surface area contributed by atoms with Crippen molar-refractivity contribution in [3.05, 3.63) is 85.1 Å². The molecular formula is C46H77O10P. The van der Waals surface area contributed by atoms with E-state index < -0.39 is 51.8 Å². The van der Waals surface area contributed by atoms with Crippen LogP contribution >= 0.6 is 7.82 Å². The molecule has 0 rings (SSSR count). The first-order valence-electron chi connectivity index (χ1n) is 21.5. The molecule has 57 heavy (non-hydrogen) atoms. The van der Waals surface area contributed by atoms with E-state index in [0.29, 0.717) is 19.3 Å². The number of unbranched alkanes of at least 4 members (excludes halogenated alkanes) is 11. The molecule has 11 heteroatoms. The number of ether oxygens (including phenoxy) is 2. The largest absolute Gasteiger partial charge is 0.472 e. The molecule has 0 amide bonds. The maximum Gasteiger partial charge on any atom is 0.472 e. The van der Waals surface area contributed by atoms with Crippen molar-refractivity contribution in [1.82, 2.24) is 0 Å². The highest BCUT2D eigenvalue weighted by molar-refractivity contribution is 7.47. The van der Waals surface area contributed by atoms with Crippen molar-refractivity contribution in [2.24, 2.45) is 0 Å². The summed E-state index contributed by atoms with van der Waals surface area (Å²) in [6.07, 6.45) is 48.4. The zero-order valence-corrected chi connectivity index (χ0v) is 36.2. The van der Waals surface area contributed by atoms with E-state index in [0.717, 1.165) is 64.2 Å². The quantitative estimate of drug-likeness (QED) is 0.0237. The number of allylic oxidation sites excluding steroid dienone is 14. The molecule has 0 saturated carbocycles. The van der Waals surface area contributed by atoms with E-state index in [1.54, 1.807) is 0 Å². The summed E-state index contributed by atoms with van der Waals surface area (Å²) in [6, 6.07) is 0. The molecule has 0 fully saturated rings. The molecular weight excluding hydrogens is 743 g/mol. The second kappa shape index (κ2) is 41.3. The number of phosphoric ester groups is 1. The standard InChI is InChI=1S/C46H77O10P/c1-3-5-7-9-11-13-15-17-19-21-23-25-27-29-31-33-35-37-45(49)53-41-44(42-55-57(51,52)54-40-43(48)39-47)56-46(50)38-36-34-32-30-28-26-24-22-20-18-16-14-12-10-8-6-4-2/h6,8,11-14,17-20,24,26,30,32,43-44,47-48H,3-5,7,9-10,15-16,21-23,25,27-29,31,33-42H2,1-2H3,(H,51,52)/b8-6+,13-11+,14-12+,19-17+,20-18+,26-24+,32-30+/t43-,44+/m0/s1. The smallest absolute Gasteiger partial charge is 0.462 e. The number of rotatable bonds is 39. The number of carbonyl (C=O) groups excluding carboxylic acids is 2. The van der Waals surface area contributed by atoms with Gasteiger partial charge in [0, 0.05) is 12.8 Å². The number of aliphatic hydroxyl groups is 2. The third kappa shape index (κ3) is 41.1. The summed E-state index contributed by atoms with van der Waals surface area (Å²) in [5.74, 6) is -1.01. The molecule has 10 nitrogen and oxygen atoms in total. The number of hydrogen-bond donors (Lipinski definition) is 3. The van der Waals surface area contributed by atoms with Gasteiger partial charge in [-0.05, 0) is 83.5 Å². The molecule has 0 heterocycles. The van der Waals surface area contributed by atoms with E-state index >= 15 is 0 Å². The Hall–Kier alpha value is -2.85. The van der Waals surface area contributed by atoms with Gasteiger partial charge < -0.3 is 24.6 Å². The van der Waals surface area contributed by atoms with Crippen molar-refractivity contribution in [3.63, 3.8) is 0 Å². The Bertz CT molecular complexity index is 1220. The van der Waals surface area contributed by atoms with Gasteiger partial charge in [0.2, 0.25) is 0 Å². The fraction of sp³-hybridized carbons (Fsp3) is 0.652. The SMILES string of the molecule is CC/C=C/C/C=C/C/C=C/C/C=C/C/C=C/CCCC(=O)O[C@H](COC(=O)CCCCCCCCC/C=C/C/C=C/CCCCC)COP(=O)(O)OC[C@@H](O)CO. The van der Waals surface area contributed by atoms with Gasteiger partial charge in [0.25, 0.3) is 0 Å². The van der Waals surface area contributed by atoms with Gasteiger partial charge in [0.1, 0.15) is 12.7 Å². The summed E-state index contributed by atoms with van der Waals surface area (Å²) >= 11 is 0. The van der Waals surface area contributed by atoms with Gasteiger partial charge >= 0.3 is 19.8 Å².